The number of hydrogen-bond donors (Lipinski definition) is 0. The largest absolute Gasteiger partial charge is 0.494 e. The summed E-state index contributed by atoms with van der Waals surface area (Å²) in [6.07, 6.45) is 0. The fourth-order valence-electron chi connectivity index (χ4n) is 1.88. The van der Waals surface area contributed by atoms with Crippen LogP contribution in [0.5, 0.6) is 5.75 Å². The molecule has 1 heterocycles. The van der Waals surface area contributed by atoms with Crippen LogP contribution in [-0.2, 0) is 12.9 Å². The molecule has 0 aliphatic rings. The summed E-state index contributed by atoms with van der Waals surface area (Å²) in [6.45, 7) is 2.56. The average molecular weight is 252 g/mol. The van der Waals surface area contributed by atoms with Gasteiger partial charge in [-0.3, -0.25) is 4.79 Å². The van der Waals surface area contributed by atoms with Crippen molar-refractivity contribution in [2.45, 2.75) is 12.8 Å². The Kier molecular flexibility index (Phi) is 3.38. The van der Waals surface area contributed by atoms with Crippen LogP contribution in [0.4, 0.5) is 0 Å². The number of fused-ring (bicyclic) bond motifs is 1. The SMILES string of the molecule is CCOc1ccc2c(c1)cc(CCl)c(=O)n2C. The van der Waals surface area contributed by atoms with Crippen molar-refractivity contribution in [3.05, 3.63) is 40.2 Å². The normalized spacial score (nSPS) is 10.8. The van der Waals surface area contributed by atoms with Crippen LogP contribution in [0.3, 0.4) is 0 Å². The maximum Gasteiger partial charge on any atom is 0.255 e. The quantitative estimate of drug-likeness (QED) is 0.786. The maximum atomic E-state index is 11.9. The molecule has 0 aliphatic carbocycles. The minimum Gasteiger partial charge on any atom is -0.494 e. The lowest BCUT2D eigenvalue weighted by Gasteiger charge is -2.09. The van der Waals surface area contributed by atoms with Crippen molar-refractivity contribution in [2.24, 2.45) is 7.05 Å². The number of benzene rings is 1. The molecule has 0 fully saturated rings. The summed E-state index contributed by atoms with van der Waals surface area (Å²) in [4.78, 5) is 11.9. The molecule has 0 atom stereocenters. The van der Waals surface area contributed by atoms with Gasteiger partial charge in [0, 0.05) is 18.0 Å². The number of rotatable bonds is 3. The minimum absolute atomic E-state index is 0.0448. The molecule has 0 radical (unpaired) electrons. The van der Waals surface area contributed by atoms with Gasteiger partial charge in [-0.1, -0.05) is 0 Å². The van der Waals surface area contributed by atoms with Gasteiger partial charge in [-0.15, -0.1) is 11.6 Å². The van der Waals surface area contributed by atoms with Crippen LogP contribution < -0.4 is 10.3 Å². The summed E-state index contributed by atoms with van der Waals surface area (Å²) in [6, 6.07) is 7.51. The van der Waals surface area contributed by atoms with E-state index in [4.69, 9.17) is 16.3 Å². The highest BCUT2D eigenvalue weighted by atomic mass is 35.5. The van der Waals surface area contributed by atoms with E-state index in [0.717, 1.165) is 16.7 Å². The Morgan fingerprint density at radius 3 is 2.76 bits per heavy atom. The van der Waals surface area contributed by atoms with E-state index >= 15 is 0 Å². The molecule has 0 saturated heterocycles. The van der Waals surface area contributed by atoms with E-state index in [1.807, 2.05) is 31.2 Å². The molecule has 90 valence electrons. The summed E-state index contributed by atoms with van der Waals surface area (Å²) < 4.78 is 7.05. The summed E-state index contributed by atoms with van der Waals surface area (Å²) >= 11 is 5.76. The van der Waals surface area contributed by atoms with Gasteiger partial charge in [0.1, 0.15) is 5.75 Å². The lowest BCUT2D eigenvalue weighted by atomic mass is 10.1. The van der Waals surface area contributed by atoms with Gasteiger partial charge in [0.05, 0.1) is 18.0 Å². The first-order valence-corrected chi connectivity index (χ1v) is 6.02. The van der Waals surface area contributed by atoms with E-state index in [-0.39, 0.29) is 11.4 Å². The standard InChI is InChI=1S/C13H14ClNO2/c1-3-17-11-4-5-12-9(7-11)6-10(8-14)13(16)15(12)2/h4-7H,3,8H2,1-2H3. The monoisotopic (exact) mass is 251 g/mol. The lowest BCUT2D eigenvalue weighted by molar-refractivity contribution is 0.340. The van der Waals surface area contributed by atoms with Crippen molar-refractivity contribution >= 4 is 22.5 Å². The van der Waals surface area contributed by atoms with Gasteiger partial charge >= 0.3 is 0 Å². The third kappa shape index (κ3) is 2.15. The predicted octanol–water partition coefficient (Wildman–Crippen LogP) is 2.68. The van der Waals surface area contributed by atoms with Crippen molar-refractivity contribution < 1.29 is 4.74 Å². The summed E-state index contributed by atoms with van der Waals surface area (Å²) in [7, 11) is 1.75. The Morgan fingerprint density at radius 1 is 1.35 bits per heavy atom. The number of hydrogen-bond acceptors (Lipinski definition) is 2. The molecule has 1 aromatic carbocycles. The maximum absolute atomic E-state index is 11.9. The molecule has 0 unspecified atom stereocenters. The Bertz CT molecular complexity index is 604. The minimum atomic E-state index is -0.0448. The molecule has 0 saturated carbocycles. The highest BCUT2D eigenvalue weighted by Crippen LogP contribution is 2.20. The first-order valence-electron chi connectivity index (χ1n) is 5.48. The van der Waals surface area contributed by atoms with Crippen LogP contribution in [0.25, 0.3) is 10.9 Å². The lowest BCUT2D eigenvalue weighted by Crippen LogP contribution is -2.20. The molecule has 1 aromatic heterocycles. The summed E-state index contributed by atoms with van der Waals surface area (Å²) in [5, 5.41) is 0.966. The van der Waals surface area contributed by atoms with Crippen LogP contribution in [0.15, 0.2) is 29.1 Å². The van der Waals surface area contributed by atoms with Gasteiger partial charge in [0.2, 0.25) is 0 Å². The zero-order valence-corrected chi connectivity index (χ0v) is 10.6. The second-order valence-electron chi connectivity index (χ2n) is 3.82. The van der Waals surface area contributed by atoms with E-state index in [9.17, 15) is 4.79 Å². The van der Waals surface area contributed by atoms with E-state index in [2.05, 4.69) is 0 Å². The summed E-state index contributed by atoms with van der Waals surface area (Å²) in [5.41, 5.74) is 1.44. The fourth-order valence-corrected chi connectivity index (χ4v) is 2.07. The fraction of sp³-hybridized carbons (Fsp3) is 0.308. The van der Waals surface area contributed by atoms with Crippen LogP contribution in [0.2, 0.25) is 0 Å². The molecule has 3 nitrogen and oxygen atoms in total. The van der Waals surface area contributed by atoms with Crippen LogP contribution in [-0.4, -0.2) is 11.2 Å². The van der Waals surface area contributed by atoms with Crippen molar-refractivity contribution in [3.8, 4) is 5.75 Å². The molecule has 2 aromatic rings. The van der Waals surface area contributed by atoms with Gasteiger partial charge in [-0.2, -0.15) is 0 Å². The van der Waals surface area contributed by atoms with E-state index in [0.29, 0.717) is 12.2 Å². The van der Waals surface area contributed by atoms with Crippen LogP contribution in [0, 0.1) is 0 Å². The number of ether oxygens (including phenoxy) is 1. The first kappa shape index (κ1) is 12.0. The number of pyridine rings is 1. The number of nitrogens with zero attached hydrogens (tertiary/aromatic N) is 1. The van der Waals surface area contributed by atoms with Crippen LogP contribution >= 0.6 is 11.6 Å². The second-order valence-corrected chi connectivity index (χ2v) is 4.09. The zero-order valence-electron chi connectivity index (χ0n) is 9.87. The Morgan fingerprint density at radius 2 is 2.12 bits per heavy atom. The second kappa shape index (κ2) is 4.80. The molecule has 0 spiro atoms. The van der Waals surface area contributed by atoms with Gasteiger partial charge in [-0.25, -0.2) is 0 Å². The topological polar surface area (TPSA) is 31.2 Å². The molecule has 0 amide bonds. The third-order valence-electron chi connectivity index (χ3n) is 2.72. The van der Waals surface area contributed by atoms with Crippen molar-refractivity contribution in [1.29, 1.82) is 0 Å². The van der Waals surface area contributed by atoms with Gasteiger partial charge < -0.3 is 9.30 Å². The molecule has 4 heteroatoms. The van der Waals surface area contributed by atoms with E-state index < -0.39 is 0 Å². The number of aromatic nitrogens is 1. The van der Waals surface area contributed by atoms with Crippen molar-refractivity contribution in [3.63, 3.8) is 0 Å². The molecule has 0 N–H and O–H groups in total. The molecular formula is C13H14ClNO2. The van der Waals surface area contributed by atoms with E-state index in [1.165, 1.54) is 0 Å². The molecular weight excluding hydrogens is 238 g/mol. The molecule has 2 rings (SSSR count). The highest BCUT2D eigenvalue weighted by molar-refractivity contribution is 6.17. The molecule has 0 aliphatic heterocycles. The summed E-state index contributed by atoms with van der Waals surface area (Å²) in [5.74, 6) is 1.03. The third-order valence-corrected chi connectivity index (χ3v) is 3.01. The molecule has 0 bridgehead atoms. The van der Waals surface area contributed by atoms with Crippen LogP contribution in [0.1, 0.15) is 12.5 Å². The Labute approximate surface area is 105 Å². The van der Waals surface area contributed by atoms with Gasteiger partial charge in [0.15, 0.2) is 0 Å². The Balaban J connectivity index is 2.69. The van der Waals surface area contributed by atoms with E-state index in [1.54, 1.807) is 11.6 Å². The first-order chi connectivity index (χ1) is 8.17. The van der Waals surface area contributed by atoms with Gasteiger partial charge in [0.25, 0.3) is 5.56 Å². The average Bonchev–Trinajstić information content (AvgIpc) is 2.34. The smallest absolute Gasteiger partial charge is 0.255 e. The number of halogens is 1. The Hall–Kier alpha value is -1.48. The van der Waals surface area contributed by atoms with Crippen molar-refractivity contribution in [1.82, 2.24) is 4.57 Å². The predicted molar refractivity (Wildman–Crippen MR) is 69.9 cm³/mol. The number of alkyl halides is 1. The molecule has 17 heavy (non-hydrogen) atoms. The number of aryl methyl sites for hydroxylation is 1. The van der Waals surface area contributed by atoms with Crippen molar-refractivity contribution in [2.75, 3.05) is 6.61 Å². The van der Waals surface area contributed by atoms with Gasteiger partial charge in [-0.05, 0) is 31.2 Å². The zero-order chi connectivity index (χ0) is 12.4. The highest BCUT2D eigenvalue weighted by Gasteiger charge is 2.06.